The van der Waals surface area contributed by atoms with Crippen molar-refractivity contribution in [2.75, 3.05) is 12.4 Å². The summed E-state index contributed by atoms with van der Waals surface area (Å²) in [5.41, 5.74) is 1.44. The molecule has 3 aromatic carbocycles. The van der Waals surface area contributed by atoms with E-state index in [-0.39, 0.29) is 5.91 Å². The van der Waals surface area contributed by atoms with Gasteiger partial charge in [0, 0.05) is 25.7 Å². The molecule has 0 saturated carbocycles. The first kappa shape index (κ1) is 21.9. The van der Waals surface area contributed by atoms with Crippen molar-refractivity contribution < 1.29 is 14.3 Å². The lowest BCUT2D eigenvalue weighted by Crippen LogP contribution is -2.39. The summed E-state index contributed by atoms with van der Waals surface area (Å²) in [7, 11) is 4.61. The largest absolute Gasteiger partial charge is 0.497 e. The fourth-order valence-electron chi connectivity index (χ4n) is 3.53. The summed E-state index contributed by atoms with van der Waals surface area (Å²) in [5, 5.41) is 2.88. The van der Waals surface area contributed by atoms with Crippen LogP contribution >= 0.6 is 0 Å². The molecule has 0 radical (unpaired) electrons. The van der Waals surface area contributed by atoms with Gasteiger partial charge in [-0.2, -0.15) is 0 Å². The second kappa shape index (κ2) is 8.66. The van der Waals surface area contributed by atoms with Gasteiger partial charge in [-0.05, 0) is 49.4 Å². The monoisotopic (exact) mass is 445 g/mol. The van der Waals surface area contributed by atoms with Gasteiger partial charge in [-0.3, -0.25) is 14.4 Å². The molecule has 1 amide bonds. The quantitative estimate of drug-likeness (QED) is 0.474. The molecule has 0 unspecified atom stereocenters. The minimum Gasteiger partial charge on any atom is -0.497 e. The van der Waals surface area contributed by atoms with E-state index in [9.17, 15) is 14.4 Å². The molecule has 0 aliphatic heterocycles. The van der Waals surface area contributed by atoms with Crippen LogP contribution in [0.15, 0.2) is 70.3 Å². The molecule has 8 nitrogen and oxygen atoms in total. The molecule has 4 aromatic rings. The predicted octanol–water partition coefficient (Wildman–Crippen LogP) is 3.60. The number of nitrogens with one attached hydrogen (secondary N) is 1. The van der Waals surface area contributed by atoms with Crippen LogP contribution in [0.25, 0.3) is 11.0 Å². The first-order chi connectivity index (χ1) is 15.8. The topological polar surface area (TPSA) is 91.6 Å². The van der Waals surface area contributed by atoms with Gasteiger partial charge in [-0.25, -0.2) is 0 Å². The highest BCUT2D eigenvalue weighted by Crippen LogP contribution is 2.34. The molecule has 1 N–H and O–H groups in total. The lowest BCUT2D eigenvalue weighted by Gasteiger charge is -2.17. The molecule has 0 saturated heterocycles. The third-order valence-corrected chi connectivity index (χ3v) is 5.41. The zero-order valence-corrected chi connectivity index (χ0v) is 18.7. The number of aromatic nitrogens is 2. The van der Waals surface area contributed by atoms with Crippen LogP contribution in [0, 0.1) is 6.92 Å². The van der Waals surface area contributed by atoms with Crippen molar-refractivity contribution in [2.45, 2.75) is 6.92 Å². The number of ether oxygens (including phenoxy) is 2. The van der Waals surface area contributed by atoms with Crippen molar-refractivity contribution in [2.24, 2.45) is 14.1 Å². The Labute approximate surface area is 189 Å². The number of amides is 1. The van der Waals surface area contributed by atoms with Crippen molar-refractivity contribution in [3.05, 3.63) is 92.5 Å². The van der Waals surface area contributed by atoms with Crippen LogP contribution in [-0.4, -0.2) is 22.2 Å². The third-order valence-electron chi connectivity index (χ3n) is 5.41. The molecule has 0 bridgehead atoms. The zero-order valence-electron chi connectivity index (χ0n) is 18.7. The molecule has 0 fully saturated rings. The first-order valence-corrected chi connectivity index (χ1v) is 10.2. The standard InChI is InChI=1S/C25H23N3O5/c1-15-6-5-7-16(12-15)23(29)26-19-13-20-21(28(3)25(31)24(30)27(20)2)14-22(19)33-18-10-8-17(32-4)9-11-18/h5-14H,1-4H3,(H,26,29). The molecule has 1 heterocycles. The van der Waals surface area contributed by atoms with E-state index in [0.29, 0.717) is 39.5 Å². The van der Waals surface area contributed by atoms with Crippen LogP contribution in [0.3, 0.4) is 0 Å². The molecule has 0 atom stereocenters. The van der Waals surface area contributed by atoms with E-state index in [0.717, 1.165) is 5.56 Å². The van der Waals surface area contributed by atoms with Crippen LogP contribution < -0.4 is 25.9 Å². The van der Waals surface area contributed by atoms with Gasteiger partial charge in [0.15, 0.2) is 5.75 Å². The van der Waals surface area contributed by atoms with E-state index >= 15 is 0 Å². The van der Waals surface area contributed by atoms with Crippen molar-refractivity contribution >= 4 is 22.6 Å². The maximum Gasteiger partial charge on any atom is 0.316 e. The lowest BCUT2D eigenvalue weighted by molar-refractivity contribution is 0.102. The van der Waals surface area contributed by atoms with Gasteiger partial charge >= 0.3 is 11.1 Å². The Morgan fingerprint density at radius 2 is 1.45 bits per heavy atom. The number of hydrogen-bond acceptors (Lipinski definition) is 5. The van der Waals surface area contributed by atoms with E-state index in [2.05, 4.69) is 5.32 Å². The Morgan fingerprint density at radius 1 is 0.848 bits per heavy atom. The highest BCUT2D eigenvalue weighted by atomic mass is 16.5. The van der Waals surface area contributed by atoms with Gasteiger partial charge in [0.1, 0.15) is 11.5 Å². The van der Waals surface area contributed by atoms with E-state index in [1.165, 1.54) is 23.2 Å². The van der Waals surface area contributed by atoms with Crippen LogP contribution in [0.4, 0.5) is 5.69 Å². The van der Waals surface area contributed by atoms with Crippen molar-refractivity contribution in [3.63, 3.8) is 0 Å². The number of nitrogens with zero attached hydrogens (tertiary/aromatic N) is 2. The predicted molar refractivity (Wildman–Crippen MR) is 127 cm³/mol. The highest BCUT2D eigenvalue weighted by Gasteiger charge is 2.17. The number of hydrogen-bond donors (Lipinski definition) is 1. The van der Waals surface area contributed by atoms with Gasteiger partial charge in [0.25, 0.3) is 5.91 Å². The SMILES string of the molecule is COc1ccc(Oc2cc3c(cc2NC(=O)c2cccc(C)c2)n(C)c(=O)c(=O)n3C)cc1. The zero-order chi connectivity index (χ0) is 23.7. The summed E-state index contributed by atoms with van der Waals surface area (Å²) in [5.74, 6) is 1.18. The highest BCUT2D eigenvalue weighted by molar-refractivity contribution is 6.06. The van der Waals surface area contributed by atoms with E-state index < -0.39 is 11.1 Å². The summed E-state index contributed by atoms with van der Waals surface area (Å²) in [6, 6.07) is 17.4. The molecule has 0 aliphatic carbocycles. The summed E-state index contributed by atoms with van der Waals surface area (Å²) < 4.78 is 13.8. The summed E-state index contributed by atoms with van der Waals surface area (Å²) in [4.78, 5) is 37.6. The number of carbonyl (C=O) groups is 1. The van der Waals surface area contributed by atoms with Crippen molar-refractivity contribution in [1.82, 2.24) is 9.13 Å². The fraction of sp³-hybridized carbons (Fsp3) is 0.160. The molecule has 1 aromatic heterocycles. The second-order valence-corrected chi connectivity index (χ2v) is 7.67. The van der Waals surface area contributed by atoms with Gasteiger partial charge < -0.3 is 23.9 Å². The number of aryl methyl sites for hydroxylation is 3. The minimum atomic E-state index is -0.662. The fourth-order valence-corrected chi connectivity index (χ4v) is 3.53. The molecule has 0 aliphatic rings. The average molecular weight is 445 g/mol. The number of methoxy groups -OCH3 is 1. The molecular weight excluding hydrogens is 422 g/mol. The Morgan fingerprint density at radius 3 is 2.06 bits per heavy atom. The smallest absolute Gasteiger partial charge is 0.316 e. The molecular formula is C25H23N3O5. The third kappa shape index (κ3) is 4.23. The normalized spacial score (nSPS) is 10.8. The minimum absolute atomic E-state index is 0.322. The van der Waals surface area contributed by atoms with Gasteiger partial charge in [-0.1, -0.05) is 17.7 Å². The number of rotatable bonds is 5. The Kier molecular flexibility index (Phi) is 5.74. The molecule has 0 spiro atoms. The van der Waals surface area contributed by atoms with Crippen LogP contribution in [-0.2, 0) is 14.1 Å². The average Bonchev–Trinajstić information content (AvgIpc) is 2.82. The number of benzene rings is 3. The first-order valence-electron chi connectivity index (χ1n) is 10.2. The number of fused-ring (bicyclic) bond motifs is 1. The Bertz CT molecular complexity index is 1480. The van der Waals surface area contributed by atoms with E-state index in [4.69, 9.17) is 9.47 Å². The second-order valence-electron chi connectivity index (χ2n) is 7.67. The maximum atomic E-state index is 13.0. The molecule has 4 rings (SSSR count). The molecule has 8 heteroatoms. The summed E-state index contributed by atoms with van der Waals surface area (Å²) >= 11 is 0. The molecule has 168 valence electrons. The number of anilines is 1. The van der Waals surface area contributed by atoms with Crippen molar-refractivity contribution in [1.29, 1.82) is 0 Å². The lowest BCUT2D eigenvalue weighted by atomic mass is 10.1. The summed E-state index contributed by atoms with van der Waals surface area (Å²) in [6.45, 7) is 1.90. The van der Waals surface area contributed by atoms with Gasteiger partial charge in [0.05, 0.1) is 23.8 Å². The molecule has 33 heavy (non-hydrogen) atoms. The van der Waals surface area contributed by atoms with Gasteiger partial charge in [0.2, 0.25) is 0 Å². The summed E-state index contributed by atoms with van der Waals surface area (Å²) in [6.07, 6.45) is 0. The van der Waals surface area contributed by atoms with Crippen LogP contribution in [0.1, 0.15) is 15.9 Å². The van der Waals surface area contributed by atoms with Gasteiger partial charge in [-0.15, -0.1) is 0 Å². The number of carbonyl (C=O) groups excluding carboxylic acids is 1. The Balaban J connectivity index is 1.85. The van der Waals surface area contributed by atoms with E-state index in [1.807, 2.05) is 13.0 Å². The van der Waals surface area contributed by atoms with Crippen molar-refractivity contribution in [3.8, 4) is 17.2 Å². The van der Waals surface area contributed by atoms with Crippen LogP contribution in [0.2, 0.25) is 0 Å². The van der Waals surface area contributed by atoms with Crippen LogP contribution in [0.5, 0.6) is 17.2 Å². The maximum absolute atomic E-state index is 13.0. The van der Waals surface area contributed by atoms with E-state index in [1.54, 1.807) is 61.7 Å². The Hall–Kier alpha value is -4.33.